The van der Waals surface area contributed by atoms with Crippen molar-refractivity contribution in [3.05, 3.63) is 0 Å². The molecular formula is C11H23NO2. The van der Waals surface area contributed by atoms with Gasteiger partial charge < -0.3 is 9.47 Å². The van der Waals surface area contributed by atoms with Crippen molar-refractivity contribution in [3.63, 3.8) is 0 Å². The SMILES string of the molecule is CCCC(OCC)N1CCOC(C)C1. The molecule has 1 heterocycles. The molecule has 0 aromatic heterocycles. The second-order valence-electron chi connectivity index (χ2n) is 3.88. The van der Waals surface area contributed by atoms with E-state index >= 15 is 0 Å². The molecule has 0 aromatic rings. The molecule has 0 N–H and O–H groups in total. The van der Waals surface area contributed by atoms with Gasteiger partial charge in [-0.2, -0.15) is 0 Å². The van der Waals surface area contributed by atoms with E-state index in [-0.39, 0.29) is 0 Å². The van der Waals surface area contributed by atoms with E-state index in [1.54, 1.807) is 0 Å². The molecule has 2 unspecified atom stereocenters. The van der Waals surface area contributed by atoms with E-state index in [0.717, 1.165) is 32.7 Å². The molecule has 1 saturated heterocycles. The number of morpholine rings is 1. The average molecular weight is 201 g/mol. The summed E-state index contributed by atoms with van der Waals surface area (Å²) in [4.78, 5) is 2.40. The lowest BCUT2D eigenvalue weighted by Gasteiger charge is -2.36. The zero-order valence-corrected chi connectivity index (χ0v) is 9.66. The molecule has 0 saturated carbocycles. The third-order valence-electron chi connectivity index (χ3n) is 2.57. The molecule has 3 nitrogen and oxygen atoms in total. The van der Waals surface area contributed by atoms with Crippen molar-refractivity contribution in [2.75, 3.05) is 26.3 Å². The van der Waals surface area contributed by atoms with Crippen molar-refractivity contribution >= 4 is 0 Å². The van der Waals surface area contributed by atoms with Gasteiger partial charge in [0.05, 0.1) is 12.7 Å². The number of hydrogen-bond acceptors (Lipinski definition) is 3. The van der Waals surface area contributed by atoms with Crippen LogP contribution in [0, 0.1) is 0 Å². The summed E-state index contributed by atoms with van der Waals surface area (Å²) in [5, 5.41) is 0. The summed E-state index contributed by atoms with van der Waals surface area (Å²) in [5.41, 5.74) is 0. The molecule has 0 aromatic carbocycles. The largest absolute Gasteiger partial charge is 0.376 e. The molecule has 0 bridgehead atoms. The predicted octanol–water partition coefficient (Wildman–Crippen LogP) is 1.87. The van der Waals surface area contributed by atoms with Crippen molar-refractivity contribution in [1.82, 2.24) is 4.90 Å². The molecule has 0 radical (unpaired) electrons. The van der Waals surface area contributed by atoms with Gasteiger partial charge >= 0.3 is 0 Å². The maximum Gasteiger partial charge on any atom is 0.110 e. The Kier molecular flexibility index (Phi) is 5.45. The van der Waals surface area contributed by atoms with Crippen LogP contribution < -0.4 is 0 Å². The van der Waals surface area contributed by atoms with Crippen LogP contribution in [0.5, 0.6) is 0 Å². The molecule has 1 fully saturated rings. The monoisotopic (exact) mass is 201 g/mol. The van der Waals surface area contributed by atoms with Crippen molar-refractivity contribution in [2.45, 2.75) is 45.9 Å². The first-order valence-electron chi connectivity index (χ1n) is 5.75. The third kappa shape index (κ3) is 3.56. The lowest BCUT2D eigenvalue weighted by atomic mass is 10.2. The Morgan fingerprint density at radius 3 is 2.86 bits per heavy atom. The number of hydrogen-bond donors (Lipinski definition) is 0. The molecule has 1 aliphatic heterocycles. The van der Waals surface area contributed by atoms with Crippen LogP contribution in [0.4, 0.5) is 0 Å². The van der Waals surface area contributed by atoms with E-state index in [1.165, 1.54) is 6.42 Å². The molecule has 0 aliphatic carbocycles. The Balaban J connectivity index is 2.39. The third-order valence-corrected chi connectivity index (χ3v) is 2.57. The Labute approximate surface area is 87.4 Å². The van der Waals surface area contributed by atoms with E-state index < -0.39 is 0 Å². The summed E-state index contributed by atoms with van der Waals surface area (Å²) in [6.45, 7) is 10.0. The van der Waals surface area contributed by atoms with Crippen molar-refractivity contribution in [3.8, 4) is 0 Å². The first-order chi connectivity index (χ1) is 6.77. The molecule has 1 rings (SSSR count). The van der Waals surface area contributed by atoms with Gasteiger partial charge in [0.1, 0.15) is 6.23 Å². The molecular weight excluding hydrogens is 178 g/mol. The molecule has 0 spiro atoms. The van der Waals surface area contributed by atoms with Crippen LogP contribution in [0.3, 0.4) is 0 Å². The fraction of sp³-hybridized carbons (Fsp3) is 1.00. The van der Waals surface area contributed by atoms with Gasteiger partial charge in [-0.3, -0.25) is 4.90 Å². The molecule has 0 amide bonds. The summed E-state index contributed by atoms with van der Waals surface area (Å²) in [6, 6.07) is 0. The summed E-state index contributed by atoms with van der Waals surface area (Å²) in [5.74, 6) is 0. The summed E-state index contributed by atoms with van der Waals surface area (Å²) in [7, 11) is 0. The first kappa shape index (κ1) is 12.0. The molecule has 1 aliphatic rings. The van der Waals surface area contributed by atoms with E-state index in [4.69, 9.17) is 9.47 Å². The maximum atomic E-state index is 5.74. The van der Waals surface area contributed by atoms with Crippen LogP contribution in [0.25, 0.3) is 0 Å². The van der Waals surface area contributed by atoms with Crippen molar-refractivity contribution in [1.29, 1.82) is 0 Å². The van der Waals surface area contributed by atoms with Crippen LogP contribution in [0.2, 0.25) is 0 Å². The summed E-state index contributed by atoms with van der Waals surface area (Å²) < 4.78 is 11.3. The number of nitrogens with zero attached hydrogens (tertiary/aromatic N) is 1. The van der Waals surface area contributed by atoms with Gasteiger partial charge in [-0.1, -0.05) is 13.3 Å². The van der Waals surface area contributed by atoms with E-state index in [9.17, 15) is 0 Å². The molecule has 14 heavy (non-hydrogen) atoms. The predicted molar refractivity (Wildman–Crippen MR) is 57.3 cm³/mol. The summed E-state index contributed by atoms with van der Waals surface area (Å²) >= 11 is 0. The smallest absolute Gasteiger partial charge is 0.110 e. The highest BCUT2D eigenvalue weighted by atomic mass is 16.5. The topological polar surface area (TPSA) is 21.7 Å². The van der Waals surface area contributed by atoms with Crippen molar-refractivity contribution < 1.29 is 9.47 Å². The highest BCUT2D eigenvalue weighted by molar-refractivity contribution is 4.71. The van der Waals surface area contributed by atoms with E-state index in [2.05, 4.69) is 25.7 Å². The van der Waals surface area contributed by atoms with Gasteiger partial charge in [0.2, 0.25) is 0 Å². The zero-order valence-electron chi connectivity index (χ0n) is 9.66. The molecule has 3 heteroatoms. The van der Waals surface area contributed by atoms with Crippen LogP contribution in [0.15, 0.2) is 0 Å². The van der Waals surface area contributed by atoms with Crippen LogP contribution in [-0.2, 0) is 9.47 Å². The lowest BCUT2D eigenvalue weighted by molar-refractivity contribution is -0.116. The fourth-order valence-electron chi connectivity index (χ4n) is 1.92. The fourth-order valence-corrected chi connectivity index (χ4v) is 1.92. The van der Waals surface area contributed by atoms with Gasteiger partial charge in [0.25, 0.3) is 0 Å². The lowest BCUT2D eigenvalue weighted by Crippen LogP contribution is -2.47. The van der Waals surface area contributed by atoms with E-state index in [1.807, 2.05) is 0 Å². The number of rotatable bonds is 5. The minimum Gasteiger partial charge on any atom is -0.376 e. The Morgan fingerprint density at radius 1 is 1.50 bits per heavy atom. The first-order valence-corrected chi connectivity index (χ1v) is 5.75. The molecule has 84 valence electrons. The van der Waals surface area contributed by atoms with Crippen molar-refractivity contribution in [2.24, 2.45) is 0 Å². The average Bonchev–Trinajstić information content (AvgIpc) is 2.17. The van der Waals surface area contributed by atoms with Gasteiger partial charge in [-0.25, -0.2) is 0 Å². The van der Waals surface area contributed by atoms with Gasteiger partial charge in [-0.15, -0.1) is 0 Å². The second-order valence-corrected chi connectivity index (χ2v) is 3.88. The standard InChI is InChI=1S/C11H23NO2/c1-4-6-11(13-5-2)12-7-8-14-10(3)9-12/h10-11H,4-9H2,1-3H3. The van der Waals surface area contributed by atoms with Gasteiger partial charge in [0.15, 0.2) is 0 Å². The van der Waals surface area contributed by atoms with Crippen LogP contribution >= 0.6 is 0 Å². The van der Waals surface area contributed by atoms with Gasteiger partial charge in [-0.05, 0) is 20.3 Å². The highest BCUT2D eigenvalue weighted by Gasteiger charge is 2.23. The minimum atomic E-state index is 0.302. The second kappa shape index (κ2) is 6.38. The quantitative estimate of drug-likeness (QED) is 0.678. The zero-order chi connectivity index (χ0) is 10.4. The summed E-state index contributed by atoms with van der Waals surface area (Å²) in [6.07, 6.45) is 2.96. The Morgan fingerprint density at radius 2 is 2.29 bits per heavy atom. The Bertz CT molecular complexity index is 143. The number of ether oxygens (including phenoxy) is 2. The minimum absolute atomic E-state index is 0.302. The highest BCUT2D eigenvalue weighted by Crippen LogP contribution is 2.13. The van der Waals surface area contributed by atoms with E-state index in [0.29, 0.717) is 12.3 Å². The normalized spacial score (nSPS) is 26.4. The van der Waals surface area contributed by atoms with Gasteiger partial charge in [0, 0.05) is 19.7 Å². The van der Waals surface area contributed by atoms with Crippen LogP contribution in [0.1, 0.15) is 33.6 Å². The molecule has 2 atom stereocenters. The van der Waals surface area contributed by atoms with Crippen LogP contribution in [-0.4, -0.2) is 43.5 Å². The Hall–Kier alpha value is -0.120. The maximum absolute atomic E-state index is 5.74.